The molecule has 3 N–H and O–H groups in total. The SMILES string of the molecule is C#CCOc1cccc(C[C@H](N)C(=O)O)c1. The van der Waals surface area contributed by atoms with E-state index >= 15 is 0 Å². The maximum atomic E-state index is 10.6. The lowest BCUT2D eigenvalue weighted by atomic mass is 10.1. The highest BCUT2D eigenvalue weighted by Gasteiger charge is 2.12. The summed E-state index contributed by atoms with van der Waals surface area (Å²) >= 11 is 0. The summed E-state index contributed by atoms with van der Waals surface area (Å²) in [4.78, 5) is 10.6. The molecule has 1 aromatic carbocycles. The molecule has 84 valence electrons. The molecular weight excluding hydrogens is 206 g/mol. The number of carboxylic acids is 1. The Morgan fingerprint density at radius 1 is 1.62 bits per heavy atom. The lowest BCUT2D eigenvalue weighted by Gasteiger charge is -2.08. The van der Waals surface area contributed by atoms with Crippen LogP contribution < -0.4 is 10.5 Å². The van der Waals surface area contributed by atoms with E-state index in [1.165, 1.54) is 0 Å². The smallest absolute Gasteiger partial charge is 0.320 e. The maximum Gasteiger partial charge on any atom is 0.320 e. The lowest BCUT2D eigenvalue weighted by molar-refractivity contribution is -0.138. The Balaban J connectivity index is 2.67. The second-order valence-electron chi connectivity index (χ2n) is 3.29. The van der Waals surface area contributed by atoms with Crippen molar-refractivity contribution in [2.24, 2.45) is 5.73 Å². The molecule has 0 fully saturated rings. The number of hydrogen-bond acceptors (Lipinski definition) is 3. The minimum absolute atomic E-state index is 0.189. The quantitative estimate of drug-likeness (QED) is 0.713. The minimum atomic E-state index is -1.02. The molecule has 4 heteroatoms. The van der Waals surface area contributed by atoms with E-state index in [9.17, 15) is 4.79 Å². The molecule has 0 aliphatic carbocycles. The molecular formula is C12H13NO3. The molecule has 0 radical (unpaired) electrons. The van der Waals surface area contributed by atoms with Gasteiger partial charge < -0.3 is 15.6 Å². The van der Waals surface area contributed by atoms with E-state index in [1.807, 2.05) is 0 Å². The fourth-order valence-corrected chi connectivity index (χ4v) is 1.23. The summed E-state index contributed by atoms with van der Waals surface area (Å²) in [6, 6.07) is 6.16. The van der Waals surface area contributed by atoms with Crippen LogP contribution in [-0.2, 0) is 11.2 Å². The first-order chi connectivity index (χ1) is 7.63. The summed E-state index contributed by atoms with van der Waals surface area (Å²) in [7, 11) is 0. The standard InChI is InChI=1S/C12H13NO3/c1-2-6-16-10-5-3-4-9(7-10)8-11(13)12(14)15/h1,3-5,7,11H,6,8,13H2,(H,14,15)/t11-/m0/s1. The molecule has 1 atom stereocenters. The monoisotopic (exact) mass is 219 g/mol. The van der Waals surface area contributed by atoms with Crippen LogP contribution in [0.2, 0.25) is 0 Å². The minimum Gasteiger partial charge on any atom is -0.481 e. The number of carboxylic acid groups (broad SMARTS) is 1. The summed E-state index contributed by atoms with van der Waals surface area (Å²) < 4.78 is 5.21. The van der Waals surface area contributed by atoms with E-state index in [1.54, 1.807) is 24.3 Å². The Kier molecular flexibility index (Phi) is 4.37. The first-order valence-corrected chi connectivity index (χ1v) is 4.77. The molecule has 4 nitrogen and oxygen atoms in total. The Labute approximate surface area is 94.0 Å². The van der Waals surface area contributed by atoms with E-state index < -0.39 is 12.0 Å². The van der Waals surface area contributed by atoms with E-state index in [4.69, 9.17) is 22.0 Å². The Hall–Kier alpha value is -1.99. The second kappa shape index (κ2) is 5.79. The second-order valence-corrected chi connectivity index (χ2v) is 3.29. The Morgan fingerprint density at radius 3 is 3.00 bits per heavy atom. The van der Waals surface area contributed by atoms with Gasteiger partial charge >= 0.3 is 5.97 Å². The fourth-order valence-electron chi connectivity index (χ4n) is 1.23. The van der Waals surface area contributed by atoms with Crippen LogP contribution in [0.1, 0.15) is 5.56 Å². The third-order valence-electron chi connectivity index (χ3n) is 1.99. The number of terminal acetylenes is 1. The van der Waals surface area contributed by atoms with E-state index in [-0.39, 0.29) is 13.0 Å². The number of rotatable bonds is 5. The highest BCUT2D eigenvalue weighted by atomic mass is 16.5. The lowest BCUT2D eigenvalue weighted by Crippen LogP contribution is -2.32. The third kappa shape index (κ3) is 3.64. The van der Waals surface area contributed by atoms with Crippen LogP contribution in [0, 0.1) is 12.3 Å². The zero-order chi connectivity index (χ0) is 12.0. The molecule has 0 spiro atoms. The van der Waals surface area contributed by atoms with Gasteiger partial charge in [-0.1, -0.05) is 18.1 Å². The summed E-state index contributed by atoms with van der Waals surface area (Å²) in [5.41, 5.74) is 6.24. The van der Waals surface area contributed by atoms with Gasteiger partial charge in [-0.2, -0.15) is 0 Å². The van der Waals surface area contributed by atoms with Crippen molar-refractivity contribution >= 4 is 5.97 Å². The van der Waals surface area contributed by atoms with Gasteiger partial charge in [0.15, 0.2) is 0 Å². The Morgan fingerprint density at radius 2 is 2.38 bits per heavy atom. The van der Waals surface area contributed by atoms with E-state index in [0.29, 0.717) is 5.75 Å². The first kappa shape index (κ1) is 12.1. The molecule has 0 unspecified atom stereocenters. The van der Waals surface area contributed by atoms with Crippen LogP contribution in [0.4, 0.5) is 0 Å². The largest absolute Gasteiger partial charge is 0.481 e. The average Bonchev–Trinajstić information content (AvgIpc) is 2.26. The summed E-state index contributed by atoms with van der Waals surface area (Å²) in [5.74, 6) is 1.95. The third-order valence-corrected chi connectivity index (χ3v) is 1.99. The van der Waals surface area contributed by atoms with Gasteiger partial charge in [-0.15, -0.1) is 6.42 Å². The van der Waals surface area contributed by atoms with Gasteiger partial charge in [-0.3, -0.25) is 4.79 Å². The highest BCUT2D eigenvalue weighted by Crippen LogP contribution is 2.14. The zero-order valence-corrected chi connectivity index (χ0v) is 8.72. The van der Waals surface area contributed by atoms with Crippen LogP contribution in [-0.4, -0.2) is 23.7 Å². The van der Waals surface area contributed by atoms with Crippen LogP contribution in [0.3, 0.4) is 0 Å². The van der Waals surface area contributed by atoms with Gasteiger partial charge in [0.25, 0.3) is 0 Å². The van der Waals surface area contributed by atoms with Gasteiger partial charge in [0.05, 0.1) is 0 Å². The predicted octanol–water partition coefficient (Wildman–Crippen LogP) is 0.653. The van der Waals surface area contributed by atoms with Crippen molar-refractivity contribution < 1.29 is 14.6 Å². The van der Waals surface area contributed by atoms with Gasteiger partial charge in [-0.05, 0) is 24.1 Å². The normalized spacial score (nSPS) is 11.5. The van der Waals surface area contributed by atoms with Crippen LogP contribution in [0.5, 0.6) is 5.75 Å². The zero-order valence-electron chi connectivity index (χ0n) is 8.72. The molecule has 1 rings (SSSR count). The summed E-state index contributed by atoms with van der Waals surface area (Å²) in [5, 5.41) is 8.67. The van der Waals surface area contributed by atoms with Crippen molar-refractivity contribution in [1.82, 2.24) is 0 Å². The molecule has 0 aliphatic heterocycles. The number of aliphatic carboxylic acids is 1. The summed E-state index contributed by atoms with van der Waals surface area (Å²) in [6.07, 6.45) is 5.33. The number of ether oxygens (including phenoxy) is 1. The Bertz CT molecular complexity index is 409. The molecule has 0 aliphatic rings. The van der Waals surface area contributed by atoms with Crippen LogP contribution >= 0.6 is 0 Å². The van der Waals surface area contributed by atoms with Crippen LogP contribution in [0.25, 0.3) is 0 Å². The topological polar surface area (TPSA) is 72.5 Å². The van der Waals surface area contributed by atoms with Gasteiger partial charge in [0.2, 0.25) is 0 Å². The predicted molar refractivity (Wildman–Crippen MR) is 60.1 cm³/mol. The van der Waals surface area contributed by atoms with Crippen molar-refractivity contribution in [1.29, 1.82) is 0 Å². The maximum absolute atomic E-state index is 10.6. The molecule has 0 heterocycles. The van der Waals surface area contributed by atoms with E-state index in [0.717, 1.165) is 5.56 Å². The van der Waals surface area contributed by atoms with E-state index in [2.05, 4.69) is 5.92 Å². The fraction of sp³-hybridized carbons (Fsp3) is 0.250. The molecule has 0 bridgehead atoms. The molecule has 0 saturated heterocycles. The van der Waals surface area contributed by atoms with Gasteiger partial charge in [0, 0.05) is 0 Å². The summed E-state index contributed by atoms with van der Waals surface area (Å²) in [6.45, 7) is 0.189. The molecule has 0 aromatic heterocycles. The number of hydrogen-bond donors (Lipinski definition) is 2. The van der Waals surface area contributed by atoms with Gasteiger partial charge in [-0.25, -0.2) is 0 Å². The molecule has 16 heavy (non-hydrogen) atoms. The van der Waals surface area contributed by atoms with Crippen LogP contribution in [0.15, 0.2) is 24.3 Å². The van der Waals surface area contributed by atoms with Crippen molar-refractivity contribution in [2.75, 3.05) is 6.61 Å². The van der Waals surface area contributed by atoms with Gasteiger partial charge in [0.1, 0.15) is 18.4 Å². The van der Waals surface area contributed by atoms with Crippen molar-refractivity contribution in [2.45, 2.75) is 12.5 Å². The highest BCUT2D eigenvalue weighted by molar-refractivity contribution is 5.73. The molecule has 0 amide bonds. The van der Waals surface area contributed by atoms with Crippen molar-refractivity contribution in [3.8, 4) is 18.1 Å². The average molecular weight is 219 g/mol. The van der Waals surface area contributed by atoms with Crippen molar-refractivity contribution in [3.05, 3.63) is 29.8 Å². The number of carbonyl (C=O) groups is 1. The molecule has 1 aromatic rings. The molecule has 0 saturated carbocycles. The number of benzene rings is 1. The number of nitrogens with two attached hydrogens (primary N) is 1. The first-order valence-electron chi connectivity index (χ1n) is 4.77. The van der Waals surface area contributed by atoms with Crippen molar-refractivity contribution in [3.63, 3.8) is 0 Å².